The fourth-order valence-electron chi connectivity index (χ4n) is 3.82. The van der Waals surface area contributed by atoms with E-state index in [1.165, 1.54) is 37.9 Å². The van der Waals surface area contributed by atoms with Gasteiger partial charge in [-0.25, -0.2) is 0 Å². The lowest BCUT2D eigenvalue weighted by molar-refractivity contribution is 0.302. The fraction of sp³-hybridized carbons (Fsp3) is 0.562. The van der Waals surface area contributed by atoms with Gasteiger partial charge in [-0.15, -0.1) is 0 Å². The number of nitrogens with two attached hydrogens (primary N) is 1. The number of likely N-dealkylation sites (tertiary alicyclic amines) is 1. The molecular formula is C16H23N3O2. The van der Waals surface area contributed by atoms with Gasteiger partial charge in [0.25, 0.3) is 0 Å². The van der Waals surface area contributed by atoms with E-state index in [0.29, 0.717) is 11.3 Å². The topological polar surface area (TPSA) is 71.1 Å². The van der Waals surface area contributed by atoms with Crippen LogP contribution in [0, 0.1) is 11.8 Å². The average Bonchev–Trinajstić information content (AvgIpc) is 3.07. The monoisotopic (exact) mass is 289 g/mol. The molecule has 2 aliphatic rings. The third-order valence-corrected chi connectivity index (χ3v) is 4.86. The number of oxime groups is 1. The highest BCUT2D eigenvalue weighted by Crippen LogP contribution is 2.38. The van der Waals surface area contributed by atoms with Gasteiger partial charge in [0.05, 0.1) is 12.7 Å². The predicted molar refractivity (Wildman–Crippen MR) is 81.6 cm³/mol. The molecular weight excluding hydrogens is 266 g/mol. The Labute approximate surface area is 125 Å². The SMILES string of the molecule is COc1cc(CN2CC3CCCC3C2)ccc1/C(N)=N/O. The maximum Gasteiger partial charge on any atom is 0.173 e. The number of ether oxygens (including phenoxy) is 1. The Morgan fingerprint density at radius 1 is 1.38 bits per heavy atom. The Balaban J connectivity index is 1.72. The lowest BCUT2D eigenvalue weighted by Crippen LogP contribution is -2.21. The minimum absolute atomic E-state index is 0.0779. The summed E-state index contributed by atoms with van der Waals surface area (Å²) < 4.78 is 5.36. The molecule has 1 saturated carbocycles. The second-order valence-electron chi connectivity index (χ2n) is 6.17. The molecule has 1 aliphatic heterocycles. The molecule has 0 aromatic heterocycles. The van der Waals surface area contributed by atoms with Gasteiger partial charge in [-0.2, -0.15) is 0 Å². The van der Waals surface area contributed by atoms with Gasteiger partial charge in [-0.1, -0.05) is 17.6 Å². The zero-order valence-electron chi connectivity index (χ0n) is 12.5. The number of nitrogens with zero attached hydrogens (tertiary/aromatic N) is 2. The van der Waals surface area contributed by atoms with Crippen LogP contribution in [-0.4, -0.2) is 36.1 Å². The summed E-state index contributed by atoms with van der Waals surface area (Å²) in [4.78, 5) is 2.53. The standard InChI is InChI=1S/C16H23N3O2/c1-21-15-7-11(5-6-14(15)16(17)18-20)8-19-9-12-3-2-4-13(12)10-19/h5-7,12-13,20H,2-4,8-10H2,1H3,(H2,17,18). The largest absolute Gasteiger partial charge is 0.496 e. The third-order valence-electron chi connectivity index (χ3n) is 4.86. The average molecular weight is 289 g/mol. The molecule has 0 radical (unpaired) electrons. The molecule has 0 spiro atoms. The first-order valence-corrected chi connectivity index (χ1v) is 7.58. The molecule has 114 valence electrons. The van der Waals surface area contributed by atoms with Crippen molar-refractivity contribution >= 4 is 5.84 Å². The van der Waals surface area contributed by atoms with Crippen LogP contribution in [0.2, 0.25) is 0 Å². The predicted octanol–water partition coefficient (Wildman–Crippen LogP) is 2.02. The summed E-state index contributed by atoms with van der Waals surface area (Å²) in [5, 5.41) is 11.8. The van der Waals surface area contributed by atoms with Crippen molar-refractivity contribution in [3.8, 4) is 5.75 Å². The second kappa shape index (κ2) is 5.93. The minimum Gasteiger partial charge on any atom is -0.496 e. The van der Waals surface area contributed by atoms with Crippen LogP contribution >= 0.6 is 0 Å². The summed E-state index contributed by atoms with van der Waals surface area (Å²) in [6, 6.07) is 5.88. The molecule has 3 N–H and O–H groups in total. The maximum atomic E-state index is 8.80. The van der Waals surface area contributed by atoms with Crippen molar-refractivity contribution in [2.24, 2.45) is 22.7 Å². The molecule has 3 rings (SSSR count). The normalized spacial score (nSPS) is 26.0. The smallest absolute Gasteiger partial charge is 0.173 e. The maximum absolute atomic E-state index is 8.80. The molecule has 2 unspecified atom stereocenters. The summed E-state index contributed by atoms with van der Waals surface area (Å²) in [5.74, 6) is 2.54. The molecule has 2 fully saturated rings. The quantitative estimate of drug-likeness (QED) is 0.385. The zero-order valence-corrected chi connectivity index (χ0v) is 12.5. The zero-order chi connectivity index (χ0) is 14.8. The summed E-state index contributed by atoms with van der Waals surface area (Å²) in [5.41, 5.74) is 7.49. The molecule has 1 heterocycles. The van der Waals surface area contributed by atoms with E-state index in [2.05, 4.69) is 10.1 Å². The number of amidine groups is 1. The van der Waals surface area contributed by atoms with E-state index in [4.69, 9.17) is 15.7 Å². The highest BCUT2D eigenvalue weighted by atomic mass is 16.5. The van der Waals surface area contributed by atoms with Crippen LogP contribution in [0.25, 0.3) is 0 Å². The van der Waals surface area contributed by atoms with E-state index >= 15 is 0 Å². The van der Waals surface area contributed by atoms with E-state index in [1.54, 1.807) is 7.11 Å². The number of fused-ring (bicyclic) bond motifs is 1. The highest BCUT2D eigenvalue weighted by Gasteiger charge is 2.35. The van der Waals surface area contributed by atoms with Gasteiger partial charge in [0.1, 0.15) is 5.75 Å². The summed E-state index contributed by atoms with van der Waals surface area (Å²) >= 11 is 0. The molecule has 5 heteroatoms. The van der Waals surface area contributed by atoms with Gasteiger partial charge in [-0.3, -0.25) is 4.90 Å². The van der Waals surface area contributed by atoms with E-state index in [0.717, 1.165) is 18.4 Å². The molecule has 5 nitrogen and oxygen atoms in total. The van der Waals surface area contributed by atoms with Crippen LogP contribution in [0.3, 0.4) is 0 Å². The van der Waals surface area contributed by atoms with Gasteiger partial charge < -0.3 is 15.7 Å². The highest BCUT2D eigenvalue weighted by molar-refractivity contribution is 5.99. The van der Waals surface area contributed by atoms with Gasteiger partial charge in [0, 0.05) is 19.6 Å². The van der Waals surface area contributed by atoms with Crippen LogP contribution in [-0.2, 0) is 6.54 Å². The first kappa shape index (κ1) is 14.2. The molecule has 2 atom stereocenters. The van der Waals surface area contributed by atoms with Crippen LogP contribution < -0.4 is 10.5 Å². The number of hydrogen-bond donors (Lipinski definition) is 2. The van der Waals surface area contributed by atoms with E-state index in [9.17, 15) is 0 Å². The van der Waals surface area contributed by atoms with Crippen molar-refractivity contribution < 1.29 is 9.94 Å². The second-order valence-corrected chi connectivity index (χ2v) is 6.17. The lowest BCUT2D eigenvalue weighted by Gasteiger charge is -2.18. The number of benzene rings is 1. The van der Waals surface area contributed by atoms with Crippen molar-refractivity contribution in [1.82, 2.24) is 4.90 Å². The molecule has 21 heavy (non-hydrogen) atoms. The fourth-order valence-corrected chi connectivity index (χ4v) is 3.82. The van der Waals surface area contributed by atoms with E-state index < -0.39 is 0 Å². The molecule has 0 amide bonds. The van der Waals surface area contributed by atoms with Crippen LogP contribution in [0.5, 0.6) is 5.75 Å². The van der Waals surface area contributed by atoms with Gasteiger partial charge in [-0.05, 0) is 42.4 Å². The number of rotatable bonds is 4. The van der Waals surface area contributed by atoms with Crippen molar-refractivity contribution in [3.63, 3.8) is 0 Å². The Hall–Kier alpha value is -1.75. The Morgan fingerprint density at radius 3 is 2.71 bits per heavy atom. The van der Waals surface area contributed by atoms with Crippen molar-refractivity contribution in [2.75, 3.05) is 20.2 Å². The first-order chi connectivity index (χ1) is 10.2. The van der Waals surface area contributed by atoms with Crippen molar-refractivity contribution in [1.29, 1.82) is 0 Å². The van der Waals surface area contributed by atoms with Crippen LogP contribution in [0.1, 0.15) is 30.4 Å². The Morgan fingerprint density at radius 2 is 2.10 bits per heavy atom. The van der Waals surface area contributed by atoms with Gasteiger partial charge in [0.15, 0.2) is 5.84 Å². The third kappa shape index (κ3) is 2.83. The summed E-state index contributed by atoms with van der Waals surface area (Å²) in [6.07, 6.45) is 4.20. The minimum atomic E-state index is 0.0779. The van der Waals surface area contributed by atoms with E-state index in [-0.39, 0.29) is 5.84 Å². The van der Waals surface area contributed by atoms with Crippen LogP contribution in [0.4, 0.5) is 0 Å². The summed E-state index contributed by atoms with van der Waals surface area (Å²) in [6.45, 7) is 3.38. The Kier molecular flexibility index (Phi) is 4.01. The molecule has 1 aromatic carbocycles. The number of hydrogen-bond acceptors (Lipinski definition) is 4. The molecule has 1 aromatic rings. The first-order valence-electron chi connectivity index (χ1n) is 7.58. The van der Waals surface area contributed by atoms with Gasteiger partial charge >= 0.3 is 0 Å². The number of methoxy groups -OCH3 is 1. The molecule has 1 aliphatic carbocycles. The molecule has 1 saturated heterocycles. The van der Waals surface area contributed by atoms with Gasteiger partial charge in [0.2, 0.25) is 0 Å². The van der Waals surface area contributed by atoms with Crippen LogP contribution in [0.15, 0.2) is 23.4 Å². The van der Waals surface area contributed by atoms with Crippen molar-refractivity contribution in [3.05, 3.63) is 29.3 Å². The summed E-state index contributed by atoms with van der Waals surface area (Å²) in [7, 11) is 1.60. The van der Waals surface area contributed by atoms with E-state index in [1.807, 2.05) is 18.2 Å². The lowest BCUT2D eigenvalue weighted by atomic mass is 10.0. The van der Waals surface area contributed by atoms with Crippen molar-refractivity contribution in [2.45, 2.75) is 25.8 Å². The Bertz CT molecular complexity index is 532. The molecule has 0 bridgehead atoms.